The lowest BCUT2D eigenvalue weighted by molar-refractivity contribution is 0.544. The second kappa shape index (κ2) is 3.87. The molecule has 0 aliphatic carbocycles. The van der Waals surface area contributed by atoms with E-state index in [0.717, 1.165) is 19.0 Å². The Labute approximate surface area is 86.1 Å². The first-order valence-corrected chi connectivity index (χ1v) is 5.24. The van der Waals surface area contributed by atoms with Crippen molar-refractivity contribution >= 4 is 5.69 Å². The number of anilines is 1. The van der Waals surface area contributed by atoms with Crippen LogP contribution in [0.25, 0.3) is 0 Å². The maximum absolute atomic E-state index is 3.89. The van der Waals surface area contributed by atoms with E-state index in [1.165, 1.54) is 5.69 Å². The fourth-order valence-electron chi connectivity index (χ4n) is 2.15. The molecular formula is C13H17N. The third kappa shape index (κ3) is 1.67. The average Bonchev–Trinajstić information content (AvgIpc) is 2.61. The summed E-state index contributed by atoms with van der Waals surface area (Å²) in [6.07, 6.45) is 2.09. The van der Waals surface area contributed by atoms with Crippen molar-refractivity contribution < 1.29 is 0 Å². The number of para-hydroxylation sites is 1. The van der Waals surface area contributed by atoms with E-state index in [0.29, 0.717) is 5.92 Å². The van der Waals surface area contributed by atoms with E-state index < -0.39 is 0 Å². The summed E-state index contributed by atoms with van der Waals surface area (Å²) in [7, 11) is 0. The van der Waals surface area contributed by atoms with Crippen LogP contribution in [-0.4, -0.2) is 13.1 Å². The van der Waals surface area contributed by atoms with Gasteiger partial charge in [0, 0.05) is 18.8 Å². The van der Waals surface area contributed by atoms with Crippen molar-refractivity contribution in [2.24, 2.45) is 11.8 Å². The van der Waals surface area contributed by atoms with E-state index in [-0.39, 0.29) is 0 Å². The molecule has 1 fully saturated rings. The van der Waals surface area contributed by atoms with Gasteiger partial charge in [-0.25, -0.2) is 0 Å². The molecule has 0 N–H and O–H groups in total. The number of nitrogens with zero attached hydrogens (tertiary/aromatic N) is 1. The number of hydrogen-bond donors (Lipinski definition) is 0. The molecule has 1 heteroatoms. The smallest absolute Gasteiger partial charge is 0.0366 e. The lowest BCUT2D eigenvalue weighted by atomic mass is 9.99. The molecule has 2 atom stereocenters. The molecule has 1 aliphatic heterocycles. The number of hydrogen-bond acceptors (Lipinski definition) is 1. The van der Waals surface area contributed by atoms with E-state index in [9.17, 15) is 0 Å². The van der Waals surface area contributed by atoms with Crippen LogP contribution >= 0.6 is 0 Å². The SMILES string of the molecule is C=CC1CN(c2ccccc2)CC1C. The lowest BCUT2D eigenvalue weighted by Crippen LogP contribution is -2.19. The highest BCUT2D eigenvalue weighted by atomic mass is 15.2. The molecule has 1 heterocycles. The maximum Gasteiger partial charge on any atom is 0.0366 e. The van der Waals surface area contributed by atoms with Crippen molar-refractivity contribution in [3.8, 4) is 0 Å². The van der Waals surface area contributed by atoms with Crippen molar-refractivity contribution in [2.45, 2.75) is 6.92 Å². The molecule has 14 heavy (non-hydrogen) atoms. The van der Waals surface area contributed by atoms with Gasteiger partial charge in [-0.05, 0) is 24.0 Å². The minimum absolute atomic E-state index is 0.648. The second-order valence-corrected chi connectivity index (χ2v) is 4.12. The van der Waals surface area contributed by atoms with Crippen molar-refractivity contribution in [1.82, 2.24) is 0 Å². The molecule has 74 valence electrons. The first-order valence-electron chi connectivity index (χ1n) is 5.24. The van der Waals surface area contributed by atoms with Gasteiger partial charge in [0.2, 0.25) is 0 Å². The summed E-state index contributed by atoms with van der Waals surface area (Å²) in [5.74, 6) is 1.38. The van der Waals surface area contributed by atoms with Crippen LogP contribution in [-0.2, 0) is 0 Å². The third-order valence-corrected chi connectivity index (χ3v) is 3.09. The Balaban J connectivity index is 2.12. The Morgan fingerprint density at radius 3 is 2.57 bits per heavy atom. The minimum Gasteiger partial charge on any atom is -0.371 e. The summed E-state index contributed by atoms with van der Waals surface area (Å²) < 4.78 is 0. The molecule has 1 aliphatic rings. The molecule has 2 unspecified atom stereocenters. The van der Waals surface area contributed by atoms with Crippen LogP contribution in [0.2, 0.25) is 0 Å². The Morgan fingerprint density at radius 1 is 1.29 bits per heavy atom. The minimum atomic E-state index is 0.648. The Hall–Kier alpha value is -1.24. The van der Waals surface area contributed by atoms with Gasteiger partial charge in [-0.15, -0.1) is 6.58 Å². The summed E-state index contributed by atoms with van der Waals surface area (Å²) in [6.45, 7) is 8.47. The van der Waals surface area contributed by atoms with E-state index in [1.54, 1.807) is 0 Å². The molecule has 0 radical (unpaired) electrons. The van der Waals surface area contributed by atoms with Gasteiger partial charge in [0.25, 0.3) is 0 Å². The molecule has 1 aromatic carbocycles. The van der Waals surface area contributed by atoms with Gasteiger partial charge in [0.1, 0.15) is 0 Å². The molecular weight excluding hydrogens is 170 g/mol. The van der Waals surface area contributed by atoms with Gasteiger partial charge < -0.3 is 4.90 Å². The summed E-state index contributed by atoms with van der Waals surface area (Å²) in [5.41, 5.74) is 1.34. The molecule has 0 saturated carbocycles. The van der Waals surface area contributed by atoms with Crippen LogP contribution in [0.4, 0.5) is 5.69 Å². The van der Waals surface area contributed by atoms with E-state index in [2.05, 4.69) is 54.8 Å². The highest BCUT2D eigenvalue weighted by Gasteiger charge is 2.26. The second-order valence-electron chi connectivity index (χ2n) is 4.12. The average molecular weight is 187 g/mol. The van der Waals surface area contributed by atoms with Gasteiger partial charge in [-0.3, -0.25) is 0 Å². The predicted molar refractivity (Wildman–Crippen MR) is 61.5 cm³/mol. The Kier molecular flexibility index (Phi) is 2.58. The fourth-order valence-corrected chi connectivity index (χ4v) is 2.15. The molecule has 0 spiro atoms. The highest BCUT2D eigenvalue weighted by Crippen LogP contribution is 2.28. The zero-order chi connectivity index (χ0) is 9.97. The molecule has 2 rings (SSSR count). The zero-order valence-corrected chi connectivity index (χ0v) is 8.69. The molecule has 0 bridgehead atoms. The predicted octanol–water partition coefficient (Wildman–Crippen LogP) is 2.94. The summed E-state index contributed by atoms with van der Waals surface area (Å²) in [4.78, 5) is 2.44. The van der Waals surface area contributed by atoms with Gasteiger partial charge in [-0.2, -0.15) is 0 Å². The maximum atomic E-state index is 3.89. The van der Waals surface area contributed by atoms with Crippen molar-refractivity contribution in [1.29, 1.82) is 0 Å². The number of benzene rings is 1. The topological polar surface area (TPSA) is 3.24 Å². The summed E-state index contributed by atoms with van der Waals surface area (Å²) in [5, 5.41) is 0. The van der Waals surface area contributed by atoms with Gasteiger partial charge >= 0.3 is 0 Å². The quantitative estimate of drug-likeness (QED) is 0.643. The Bertz CT molecular complexity index is 304. The normalized spacial score (nSPS) is 26.5. The van der Waals surface area contributed by atoms with Crippen LogP contribution in [0.15, 0.2) is 43.0 Å². The van der Waals surface area contributed by atoms with Gasteiger partial charge in [0.05, 0.1) is 0 Å². The highest BCUT2D eigenvalue weighted by molar-refractivity contribution is 5.47. The summed E-state index contributed by atoms with van der Waals surface area (Å²) in [6, 6.07) is 10.6. The first-order chi connectivity index (χ1) is 6.81. The molecule has 1 nitrogen and oxygen atoms in total. The molecule has 0 aromatic heterocycles. The van der Waals surface area contributed by atoms with E-state index >= 15 is 0 Å². The number of rotatable bonds is 2. The van der Waals surface area contributed by atoms with Crippen molar-refractivity contribution in [3.05, 3.63) is 43.0 Å². The standard InChI is InChI=1S/C13H17N/c1-3-12-10-14(9-11(12)2)13-7-5-4-6-8-13/h3-8,11-12H,1,9-10H2,2H3. The molecule has 1 saturated heterocycles. The lowest BCUT2D eigenvalue weighted by Gasteiger charge is -2.17. The van der Waals surface area contributed by atoms with E-state index in [1.807, 2.05) is 0 Å². The molecule has 0 amide bonds. The van der Waals surface area contributed by atoms with Crippen LogP contribution in [0, 0.1) is 11.8 Å². The largest absolute Gasteiger partial charge is 0.371 e. The van der Waals surface area contributed by atoms with Crippen LogP contribution in [0.3, 0.4) is 0 Å². The first kappa shape index (κ1) is 9.32. The van der Waals surface area contributed by atoms with Crippen LogP contribution in [0.1, 0.15) is 6.92 Å². The van der Waals surface area contributed by atoms with Gasteiger partial charge in [0.15, 0.2) is 0 Å². The summed E-state index contributed by atoms with van der Waals surface area (Å²) >= 11 is 0. The van der Waals surface area contributed by atoms with Crippen molar-refractivity contribution in [3.63, 3.8) is 0 Å². The third-order valence-electron chi connectivity index (χ3n) is 3.09. The molecule has 1 aromatic rings. The monoisotopic (exact) mass is 187 g/mol. The Morgan fingerprint density at radius 2 is 2.00 bits per heavy atom. The fraction of sp³-hybridized carbons (Fsp3) is 0.385. The van der Waals surface area contributed by atoms with Crippen LogP contribution in [0.5, 0.6) is 0 Å². The van der Waals surface area contributed by atoms with Crippen molar-refractivity contribution in [2.75, 3.05) is 18.0 Å². The van der Waals surface area contributed by atoms with Crippen LogP contribution < -0.4 is 4.90 Å². The van der Waals surface area contributed by atoms with E-state index in [4.69, 9.17) is 0 Å². The van der Waals surface area contributed by atoms with Gasteiger partial charge in [-0.1, -0.05) is 31.2 Å². The zero-order valence-electron chi connectivity index (χ0n) is 8.69.